The molecule has 146 valence electrons. The van der Waals surface area contributed by atoms with Crippen molar-refractivity contribution in [2.24, 2.45) is 0 Å². The van der Waals surface area contributed by atoms with Crippen molar-refractivity contribution in [1.29, 1.82) is 0 Å². The molecule has 0 aromatic heterocycles. The molecule has 30 heavy (non-hydrogen) atoms. The van der Waals surface area contributed by atoms with E-state index in [1.54, 1.807) is 0 Å². The third kappa shape index (κ3) is 4.13. The normalized spacial score (nSPS) is 11.7. The van der Waals surface area contributed by atoms with E-state index in [2.05, 4.69) is 121 Å². The Labute approximate surface area is 179 Å². The number of anilines is 1. The Hall–Kier alpha value is -3.41. The number of nitrogens with one attached hydrogen (secondary N) is 1. The van der Waals surface area contributed by atoms with Crippen molar-refractivity contribution in [3.8, 4) is 0 Å². The Balaban J connectivity index is 1.98. The molecule has 4 aromatic carbocycles. The summed E-state index contributed by atoms with van der Waals surface area (Å²) in [6.45, 7) is 4.11. The van der Waals surface area contributed by atoms with Gasteiger partial charge in [-0.3, -0.25) is 0 Å². The van der Waals surface area contributed by atoms with Gasteiger partial charge in [0.15, 0.2) is 0 Å². The van der Waals surface area contributed by atoms with Crippen LogP contribution in [0.2, 0.25) is 0 Å². The predicted octanol–water partition coefficient (Wildman–Crippen LogP) is 6.12. The summed E-state index contributed by atoms with van der Waals surface area (Å²) in [6, 6.07) is 42.7. The quantitative estimate of drug-likeness (QED) is 0.288. The third-order valence-corrected chi connectivity index (χ3v) is 9.11. The van der Waals surface area contributed by atoms with E-state index in [9.17, 15) is 0 Å². The molecule has 0 saturated carbocycles. The molecular formula is C28H25NP+. The van der Waals surface area contributed by atoms with Crippen molar-refractivity contribution in [2.45, 2.75) is 0 Å². The maximum atomic E-state index is 4.11. The SMILES string of the molecule is C=C/C(=C/[P+](c1ccccc1)(c1ccccc1)c1ccccc1)Nc1ccccc1. The molecule has 0 spiro atoms. The first kappa shape index (κ1) is 19.9. The molecule has 0 heterocycles. The average Bonchev–Trinajstić information content (AvgIpc) is 2.84. The summed E-state index contributed by atoms with van der Waals surface area (Å²) >= 11 is 0. The van der Waals surface area contributed by atoms with Crippen molar-refractivity contribution in [3.05, 3.63) is 145 Å². The van der Waals surface area contributed by atoms with E-state index in [1.807, 2.05) is 24.3 Å². The second-order valence-corrected chi connectivity index (χ2v) is 10.3. The highest BCUT2D eigenvalue weighted by Gasteiger charge is 2.44. The molecule has 0 radical (unpaired) electrons. The molecule has 0 unspecified atom stereocenters. The van der Waals surface area contributed by atoms with Crippen LogP contribution in [-0.2, 0) is 0 Å². The van der Waals surface area contributed by atoms with Crippen LogP contribution in [0.4, 0.5) is 5.69 Å². The largest absolute Gasteiger partial charge is 0.353 e. The standard InChI is InChI=1S/C28H25NP/c1-2-24(29-25-15-7-3-8-16-25)23-30(26-17-9-4-10-18-26,27-19-11-5-12-20-27)28-21-13-6-14-22-28/h2-23,29H,1H2/q+1/b24-23-. The average molecular weight is 406 g/mol. The van der Waals surface area contributed by atoms with Gasteiger partial charge in [0.1, 0.15) is 23.2 Å². The zero-order valence-corrected chi connectivity index (χ0v) is 17.8. The fraction of sp³-hybridized carbons (Fsp3) is 0. The molecule has 4 aromatic rings. The van der Waals surface area contributed by atoms with Crippen LogP contribution in [0.5, 0.6) is 0 Å². The number of benzene rings is 4. The van der Waals surface area contributed by atoms with Gasteiger partial charge in [0.25, 0.3) is 0 Å². The van der Waals surface area contributed by atoms with Crippen molar-refractivity contribution in [1.82, 2.24) is 0 Å². The molecule has 0 fully saturated rings. The first-order valence-electron chi connectivity index (χ1n) is 10.1. The molecule has 1 N–H and O–H groups in total. The van der Waals surface area contributed by atoms with Gasteiger partial charge in [0, 0.05) is 5.69 Å². The monoisotopic (exact) mass is 406 g/mol. The lowest BCUT2D eigenvalue weighted by molar-refractivity contribution is 1.49. The highest BCUT2D eigenvalue weighted by Crippen LogP contribution is 2.57. The van der Waals surface area contributed by atoms with Crippen LogP contribution < -0.4 is 21.2 Å². The first-order valence-corrected chi connectivity index (χ1v) is 11.9. The minimum absolute atomic E-state index is 1.01. The maximum absolute atomic E-state index is 4.11. The fourth-order valence-electron chi connectivity index (χ4n) is 3.69. The Morgan fingerprint density at radius 3 is 1.30 bits per heavy atom. The summed E-state index contributed by atoms with van der Waals surface area (Å²) < 4.78 is 0. The molecule has 0 aliphatic rings. The molecule has 2 heteroatoms. The number of hydrogen-bond acceptors (Lipinski definition) is 1. The molecule has 0 bridgehead atoms. The lowest BCUT2D eigenvalue weighted by Crippen LogP contribution is -2.30. The lowest BCUT2D eigenvalue weighted by Gasteiger charge is -2.25. The van der Waals surface area contributed by atoms with E-state index >= 15 is 0 Å². The molecule has 0 amide bonds. The minimum Gasteiger partial charge on any atom is -0.353 e. The Bertz CT molecular complexity index is 1010. The van der Waals surface area contributed by atoms with E-state index in [4.69, 9.17) is 0 Å². The Morgan fingerprint density at radius 2 is 0.933 bits per heavy atom. The van der Waals surface area contributed by atoms with Crippen LogP contribution in [-0.4, -0.2) is 0 Å². The number of hydrogen-bond donors (Lipinski definition) is 1. The first-order chi connectivity index (χ1) is 14.8. The zero-order valence-electron chi connectivity index (χ0n) is 16.9. The fourth-order valence-corrected chi connectivity index (χ4v) is 7.55. The smallest absolute Gasteiger partial charge is 0.139 e. The van der Waals surface area contributed by atoms with Crippen LogP contribution >= 0.6 is 7.26 Å². The van der Waals surface area contributed by atoms with Crippen LogP contribution in [0.1, 0.15) is 0 Å². The second-order valence-electron chi connectivity index (χ2n) is 7.01. The van der Waals surface area contributed by atoms with Gasteiger partial charge in [-0.05, 0) is 54.6 Å². The summed E-state index contributed by atoms with van der Waals surface area (Å²) in [7, 11) is -2.06. The van der Waals surface area contributed by atoms with E-state index in [0.29, 0.717) is 0 Å². The number of rotatable bonds is 7. The van der Waals surface area contributed by atoms with Crippen LogP contribution in [0, 0.1) is 0 Å². The molecule has 0 atom stereocenters. The van der Waals surface area contributed by atoms with Gasteiger partial charge in [-0.15, -0.1) is 0 Å². The van der Waals surface area contributed by atoms with Gasteiger partial charge in [-0.25, -0.2) is 0 Å². The van der Waals surface area contributed by atoms with Gasteiger partial charge in [-0.1, -0.05) is 79.4 Å². The Morgan fingerprint density at radius 1 is 0.567 bits per heavy atom. The van der Waals surface area contributed by atoms with Crippen molar-refractivity contribution in [2.75, 3.05) is 5.32 Å². The summed E-state index contributed by atoms with van der Waals surface area (Å²) in [6.07, 6.45) is 1.91. The van der Waals surface area contributed by atoms with Crippen molar-refractivity contribution < 1.29 is 0 Å². The summed E-state index contributed by atoms with van der Waals surface area (Å²) in [5, 5.41) is 7.51. The molecular weight excluding hydrogens is 381 g/mol. The lowest BCUT2D eigenvalue weighted by atomic mass is 10.3. The van der Waals surface area contributed by atoms with Crippen LogP contribution in [0.15, 0.2) is 145 Å². The van der Waals surface area contributed by atoms with E-state index in [1.165, 1.54) is 15.9 Å². The maximum Gasteiger partial charge on any atom is 0.139 e. The van der Waals surface area contributed by atoms with E-state index in [-0.39, 0.29) is 0 Å². The topological polar surface area (TPSA) is 12.0 Å². The summed E-state index contributed by atoms with van der Waals surface area (Å²) in [5.74, 6) is 2.40. The summed E-state index contributed by atoms with van der Waals surface area (Å²) in [4.78, 5) is 0. The zero-order chi connectivity index (χ0) is 20.7. The molecule has 0 aliphatic carbocycles. The third-order valence-electron chi connectivity index (χ3n) is 5.11. The van der Waals surface area contributed by atoms with Gasteiger partial charge in [0.2, 0.25) is 0 Å². The van der Waals surface area contributed by atoms with Gasteiger partial charge in [-0.2, -0.15) is 0 Å². The number of allylic oxidation sites excluding steroid dienone is 1. The van der Waals surface area contributed by atoms with Gasteiger partial charge < -0.3 is 5.32 Å². The van der Waals surface area contributed by atoms with Gasteiger partial charge in [0.05, 0.1) is 11.5 Å². The Kier molecular flexibility index (Phi) is 6.23. The second kappa shape index (κ2) is 9.39. The highest BCUT2D eigenvalue weighted by atomic mass is 31.2. The predicted molar refractivity (Wildman–Crippen MR) is 133 cm³/mol. The molecule has 4 rings (SSSR count). The van der Waals surface area contributed by atoms with E-state index in [0.717, 1.165) is 11.4 Å². The molecule has 0 saturated heterocycles. The highest BCUT2D eigenvalue weighted by molar-refractivity contribution is 7.98. The van der Waals surface area contributed by atoms with Crippen molar-refractivity contribution in [3.63, 3.8) is 0 Å². The minimum atomic E-state index is -2.06. The van der Waals surface area contributed by atoms with Crippen LogP contribution in [0.25, 0.3) is 0 Å². The van der Waals surface area contributed by atoms with E-state index < -0.39 is 7.26 Å². The molecule has 1 nitrogen and oxygen atoms in total. The van der Waals surface area contributed by atoms with Crippen molar-refractivity contribution >= 4 is 28.9 Å². The number of para-hydroxylation sites is 1. The van der Waals surface area contributed by atoms with Crippen LogP contribution in [0.3, 0.4) is 0 Å². The molecule has 0 aliphatic heterocycles. The summed E-state index contributed by atoms with van der Waals surface area (Å²) in [5.41, 5.74) is 2.06. The van der Waals surface area contributed by atoms with Gasteiger partial charge >= 0.3 is 0 Å².